The standard InChI is InChI=1S/C20H29N7O/c1-5-25(6-2)12-8-10-22-20(28)17-13-19-21-11-9-18(27(19)24-17)16-14-23-26(7-3)15(16)4/h9,11,13-14H,5-8,10,12H2,1-4H3,(H,22,28). The Morgan fingerprint density at radius 1 is 1.25 bits per heavy atom. The van der Waals surface area contributed by atoms with E-state index in [1.165, 1.54) is 0 Å². The van der Waals surface area contributed by atoms with E-state index in [1.807, 2.05) is 23.9 Å². The summed E-state index contributed by atoms with van der Waals surface area (Å²) >= 11 is 0. The highest BCUT2D eigenvalue weighted by Crippen LogP contribution is 2.23. The Balaban J connectivity index is 1.75. The molecule has 0 saturated carbocycles. The Kier molecular flexibility index (Phi) is 6.41. The Morgan fingerprint density at radius 3 is 2.71 bits per heavy atom. The average Bonchev–Trinajstić information content (AvgIpc) is 3.31. The molecule has 0 unspecified atom stereocenters. The van der Waals surface area contributed by atoms with Crippen molar-refractivity contribution in [1.82, 2.24) is 34.6 Å². The van der Waals surface area contributed by atoms with E-state index in [1.54, 1.807) is 16.8 Å². The third kappa shape index (κ3) is 4.06. The zero-order valence-corrected chi connectivity index (χ0v) is 17.1. The molecule has 0 fully saturated rings. The van der Waals surface area contributed by atoms with E-state index in [0.29, 0.717) is 17.9 Å². The highest BCUT2D eigenvalue weighted by molar-refractivity contribution is 5.93. The molecule has 0 atom stereocenters. The number of aryl methyl sites for hydroxylation is 1. The van der Waals surface area contributed by atoms with E-state index >= 15 is 0 Å². The summed E-state index contributed by atoms with van der Waals surface area (Å²) in [5, 5.41) is 11.9. The van der Waals surface area contributed by atoms with Gasteiger partial charge in [-0.3, -0.25) is 9.48 Å². The van der Waals surface area contributed by atoms with Crippen LogP contribution in [-0.4, -0.2) is 61.4 Å². The third-order valence-electron chi connectivity index (χ3n) is 5.10. The Bertz CT molecular complexity index is 939. The molecule has 3 rings (SSSR count). The molecule has 3 heterocycles. The molecular weight excluding hydrogens is 354 g/mol. The summed E-state index contributed by atoms with van der Waals surface area (Å²) in [5.74, 6) is -0.169. The van der Waals surface area contributed by atoms with Gasteiger partial charge in [-0.2, -0.15) is 10.2 Å². The van der Waals surface area contributed by atoms with E-state index in [-0.39, 0.29) is 5.91 Å². The first-order valence-corrected chi connectivity index (χ1v) is 9.97. The number of carbonyl (C=O) groups is 1. The van der Waals surface area contributed by atoms with Crippen LogP contribution in [0.2, 0.25) is 0 Å². The molecule has 0 aliphatic rings. The van der Waals surface area contributed by atoms with Gasteiger partial charge in [0.2, 0.25) is 0 Å². The van der Waals surface area contributed by atoms with Crippen molar-refractivity contribution in [1.29, 1.82) is 0 Å². The van der Waals surface area contributed by atoms with Gasteiger partial charge in [0, 0.05) is 36.6 Å². The molecule has 0 aliphatic heterocycles. The second-order valence-corrected chi connectivity index (χ2v) is 6.73. The first-order valence-electron chi connectivity index (χ1n) is 9.97. The van der Waals surface area contributed by atoms with Gasteiger partial charge in [-0.25, -0.2) is 9.50 Å². The highest BCUT2D eigenvalue weighted by atomic mass is 16.1. The third-order valence-corrected chi connectivity index (χ3v) is 5.10. The monoisotopic (exact) mass is 383 g/mol. The van der Waals surface area contributed by atoms with Crippen molar-refractivity contribution in [3.63, 3.8) is 0 Å². The predicted molar refractivity (Wildman–Crippen MR) is 109 cm³/mol. The minimum absolute atomic E-state index is 0.169. The van der Waals surface area contributed by atoms with Crippen molar-refractivity contribution in [2.75, 3.05) is 26.2 Å². The van der Waals surface area contributed by atoms with Crippen LogP contribution in [-0.2, 0) is 6.54 Å². The van der Waals surface area contributed by atoms with Crippen molar-refractivity contribution < 1.29 is 4.79 Å². The lowest BCUT2D eigenvalue weighted by molar-refractivity contribution is 0.0946. The number of hydrogen-bond acceptors (Lipinski definition) is 5. The number of nitrogens with one attached hydrogen (secondary N) is 1. The lowest BCUT2D eigenvalue weighted by Crippen LogP contribution is -2.30. The number of carbonyl (C=O) groups excluding carboxylic acids is 1. The summed E-state index contributed by atoms with van der Waals surface area (Å²) in [6.45, 7) is 12.9. The molecule has 0 radical (unpaired) electrons. The predicted octanol–water partition coefficient (Wildman–Crippen LogP) is 2.38. The van der Waals surface area contributed by atoms with Crippen molar-refractivity contribution in [3.8, 4) is 11.3 Å². The normalized spacial score (nSPS) is 11.5. The molecule has 1 N–H and O–H groups in total. The second kappa shape index (κ2) is 8.97. The topological polar surface area (TPSA) is 80.4 Å². The number of nitrogens with zero attached hydrogens (tertiary/aromatic N) is 6. The summed E-state index contributed by atoms with van der Waals surface area (Å²) in [5.41, 5.74) is 3.96. The largest absolute Gasteiger partial charge is 0.351 e. The van der Waals surface area contributed by atoms with Crippen LogP contribution in [0.3, 0.4) is 0 Å². The summed E-state index contributed by atoms with van der Waals surface area (Å²) in [6.07, 6.45) is 4.49. The second-order valence-electron chi connectivity index (χ2n) is 6.73. The summed E-state index contributed by atoms with van der Waals surface area (Å²) in [6, 6.07) is 3.62. The molecule has 0 spiro atoms. The molecule has 8 nitrogen and oxygen atoms in total. The fraction of sp³-hybridized carbons (Fsp3) is 0.500. The maximum Gasteiger partial charge on any atom is 0.271 e. The zero-order chi connectivity index (χ0) is 20.1. The maximum atomic E-state index is 12.5. The molecule has 1 amide bonds. The van der Waals surface area contributed by atoms with Crippen LogP contribution in [0.4, 0.5) is 0 Å². The lowest BCUT2D eigenvalue weighted by atomic mass is 10.2. The maximum absolute atomic E-state index is 12.5. The number of amides is 1. The molecule has 0 saturated heterocycles. The first-order chi connectivity index (χ1) is 13.6. The molecule has 0 bridgehead atoms. The fourth-order valence-corrected chi connectivity index (χ4v) is 3.36. The van der Waals surface area contributed by atoms with Crippen LogP contribution in [0.1, 0.15) is 43.4 Å². The van der Waals surface area contributed by atoms with Crippen molar-refractivity contribution in [2.24, 2.45) is 0 Å². The van der Waals surface area contributed by atoms with Gasteiger partial charge >= 0.3 is 0 Å². The van der Waals surface area contributed by atoms with Crippen LogP contribution in [0.15, 0.2) is 24.5 Å². The SMILES string of the molecule is CCN(CC)CCCNC(=O)c1cc2nccc(-c3cnn(CC)c3C)n2n1. The first kappa shape index (κ1) is 20.0. The van der Waals surface area contributed by atoms with Gasteiger partial charge in [0.05, 0.1) is 11.9 Å². The van der Waals surface area contributed by atoms with Gasteiger partial charge in [0.15, 0.2) is 11.3 Å². The minimum atomic E-state index is -0.169. The van der Waals surface area contributed by atoms with Crippen molar-refractivity contribution >= 4 is 11.6 Å². The van der Waals surface area contributed by atoms with E-state index in [9.17, 15) is 4.79 Å². The Hall–Kier alpha value is -2.74. The number of fused-ring (bicyclic) bond motifs is 1. The average molecular weight is 384 g/mol. The summed E-state index contributed by atoms with van der Waals surface area (Å²) in [4.78, 5) is 19.2. The molecule has 8 heteroatoms. The molecular formula is C20H29N7O. The van der Waals surface area contributed by atoms with Crippen LogP contribution in [0.25, 0.3) is 16.9 Å². The molecule has 150 valence electrons. The fourth-order valence-electron chi connectivity index (χ4n) is 3.36. The van der Waals surface area contributed by atoms with Gasteiger partial charge in [-0.05, 0) is 46.0 Å². The van der Waals surface area contributed by atoms with E-state index in [4.69, 9.17) is 0 Å². The number of rotatable bonds is 9. The van der Waals surface area contributed by atoms with Crippen LogP contribution in [0.5, 0.6) is 0 Å². The summed E-state index contributed by atoms with van der Waals surface area (Å²) in [7, 11) is 0. The van der Waals surface area contributed by atoms with E-state index in [2.05, 4.69) is 46.2 Å². The van der Waals surface area contributed by atoms with E-state index < -0.39 is 0 Å². The van der Waals surface area contributed by atoms with Crippen LogP contribution < -0.4 is 5.32 Å². The lowest BCUT2D eigenvalue weighted by Gasteiger charge is -2.17. The van der Waals surface area contributed by atoms with E-state index in [0.717, 1.165) is 49.6 Å². The minimum Gasteiger partial charge on any atom is -0.351 e. The summed E-state index contributed by atoms with van der Waals surface area (Å²) < 4.78 is 3.66. The van der Waals surface area contributed by atoms with Crippen LogP contribution in [0, 0.1) is 6.92 Å². The van der Waals surface area contributed by atoms with Crippen LogP contribution >= 0.6 is 0 Å². The Morgan fingerprint density at radius 2 is 2.04 bits per heavy atom. The highest BCUT2D eigenvalue weighted by Gasteiger charge is 2.16. The van der Waals surface area contributed by atoms with Crippen molar-refractivity contribution in [2.45, 2.75) is 40.7 Å². The van der Waals surface area contributed by atoms with Gasteiger partial charge in [0.1, 0.15) is 0 Å². The van der Waals surface area contributed by atoms with Crippen molar-refractivity contribution in [3.05, 3.63) is 35.9 Å². The van der Waals surface area contributed by atoms with Gasteiger partial charge < -0.3 is 10.2 Å². The molecule has 3 aromatic heterocycles. The Labute approximate surface area is 165 Å². The van der Waals surface area contributed by atoms with Gasteiger partial charge in [-0.1, -0.05) is 13.8 Å². The number of hydrogen-bond donors (Lipinski definition) is 1. The molecule has 28 heavy (non-hydrogen) atoms. The molecule has 3 aromatic rings. The smallest absolute Gasteiger partial charge is 0.271 e. The number of aromatic nitrogens is 5. The zero-order valence-electron chi connectivity index (χ0n) is 17.1. The van der Waals surface area contributed by atoms with Gasteiger partial charge in [-0.15, -0.1) is 0 Å². The van der Waals surface area contributed by atoms with Gasteiger partial charge in [0.25, 0.3) is 5.91 Å². The quantitative estimate of drug-likeness (QED) is 0.574. The molecule has 0 aromatic carbocycles. The molecule has 0 aliphatic carbocycles.